The zero-order valence-electron chi connectivity index (χ0n) is 20.4. The predicted octanol–water partition coefficient (Wildman–Crippen LogP) is 10.1. The van der Waals surface area contributed by atoms with Gasteiger partial charge in [-0.05, 0) is 81.1 Å². The van der Waals surface area contributed by atoms with Crippen LogP contribution in [-0.2, 0) is 0 Å². The number of hydrogen-bond donors (Lipinski definition) is 0. The lowest BCUT2D eigenvalue weighted by Crippen LogP contribution is -1.96. The lowest BCUT2D eigenvalue weighted by Gasteiger charge is -2.21. The summed E-state index contributed by atoms with van der Waals surface area (Å²) in [4.78, 5) is 0. The van der Waals surface area contributed by atoms with Crippen LogP contribution in [0.3, 0.4) is 0 Å². The first-order valence-corrected chi connectivity index (χ1v) is 12.3. The van der Waals surface area contributed by atoms with Crippen LogP contribution >= 0.6 is 0 Å². The Morgan fingerprint density at radius 3 is 2.00 bits per heavy atom. The predicted molar refractivity (Wildman–Crippen MR) is 148 cm³/mol. The third kappa shape index (κ3) is 4.44. The first-order chi connectivity index (χ1) is 16.2. The number of allylic oxidation sites excluding steroid dienone is 6. The lowest BCUT2D eigenvalue weighted by molar-refractivity contribution is 1.14. The molecule has 0 amide bonds. The summed E-state index contributed by atoms with van der Waals surface area (Å²) in [7, 11) is 0. The summed E-state index contributed by atoms with van der Waals surface area (Å²) < 4.78 is 0. The monoisotopic (exact) mass is 430 g/mol. The van der Waals surface area contributed by atoms with E-state index in [1.807, 2.05) is 0 Å². The first-order valence-electron chi connectivity index (χ1n) is 12.3. The number of fused-ring (bicyclic) bond motifs is 2. The van der Waals surface area contributed by atoms with Crippen molar-refractivity contribution in [3.05, 3.63) is 114 Å². The van der Waals surface area contributed by atoms with Crippen molar-refractivity contribution in [2.24, 2.45) is 0 Å². The van der Waals surface area contributed by atoms with Gasteiger partial charge in [0.15, 0.2) is 0 Å². The Bertz CT molecular complexity index is 1350. The molecule has 166 valence electrons. The fraction of sp³-hybridized carbons (Fsp3) is 0.212. The number of benzene rings is 4. The van der Waals surface area contributed by atoms with Gasteiger partial charge in [-0.15, -0.1) is 0 Å². The second kappa shape index (κ2) is 10.5. The summed E-state index contributed by atoms with van der Waals surface area (Å²) in [6, 6.07) is 26.6. The van der Waals surface area contributed by atoms with Crippen LogP contribution in [0.5, 0.6) is 0 Å². The molecule has 0 aromatic heterocycles. The molecule has 0 saturated heterocycles. The molecule has 0 unspecified atom stereocenters. The average Bonchev–Trinajstić information content (AvgIpc) is 2.86. The summed E-state index contributed by atoms with van der Waals surface area (Å²) >= 11 is 0. The summed E-state index contributed by atoms with van der Waals surface area (Å²) in [5.74, 6) is 0. The molecule has 4 aromatic rings. The van der Waals surface area contributed by atoms with E-state index in [4.69, 9.17) is 0 Å². The SMILES string of the molecule is CC\C=C/C(CC)=C(/C=C\CC)c1c2ccccc2c(-c2ccccc2)c2c(C)cccc12. The zero-order valence-corrected chi connectivity index (χ0v) is 20.4. The van der Waals surface area contributed by atoms with Crippen molar-refractivity contribution in [3.63, 3.8) is 0 Å². The molecule has 0 atom stereocenters. The molecule has 0 fully saturated rings. The highest BCUT2D eigenvalue weighted by Gasteiger charge is 2.19. The standard InChI is InChI=1S/C33H34/c1-5-8-17-25(7-3)27(20-9-6-2)33-29-22-14-13-21-28(29)32(26-18-11-10-12-19-26)31-24(4)16-15-23-30(31)33/h8-23H,5-7H2,1-4H3/b17-8-,20-9-,27-25-. The Labute approximate surface area is 199 Å². The number of rotatable bonds is 7. The van der Waals surface area contributed by atoms with Gasteiger partial charge in [0.2, 0.25) is 0 Å². The Morgan fingerprint density at radius 2 is 1.30 bits per heavy atom. The molecule has 0 N–H and O–H groups in total. The van der Waals surface area contributed by atoms with Crippen LogP contribution < -0.4 is 0 Å². The van der Waals surface area contributed by atoms with E-state index in [1.54, 1.807) is 0 Å². The van der Waals surface area contributed by atoms with Gasteiger partial charge in [-0.1, -0.05) is 118 Å². The van der Waals surface area contributed by atoms with Crippen molar-refractivity contribution in [3.8, 4) is 11.1 Å². The van der Waals surface area contributed by atoms with Crippen molar-refractivity contribution in [1.82, 2.24) is 0 Å². The van der Waals surface area contributed by atoms with Crippen LogP contribution in [-0.4, -0.2) is 0 Å². The molecular formula is C33H34. The number of hydrogen-bond acceptors (Lipinski definition) is 0. The quantitative estimate of drug-likeness (QED) is 0.202. The van der Waals surface area contributed by atoms with Gasteiger partial charge in [-0.2, -0.15) is 0 Å². The maximum atomic E-state index is 2.35. The highest BCUT2D eigenvalue weighted by Crippen LogP contribution is 2.44. The van der Waals surface area contributed by atoms with E-state index in [9.17, 15) is 0 Å². The molecule has 0 heteroatoms. The van der Waals surface area contributed by atoms with Crippen molar-refractivity contribution in [2.45, 2.75) is 47.0 Å². The molecule has 0 aliphatic heterocycles. The summed E-state index contributed by atoms with van der Waals surface area (Å²) in [6.07, 6.45) is 12.3. The highest BCUT2D eigenvalue weighted by molar-refractivity contribution is 6.20. The van der Waals surface area contributed by atoms with Crippen LogP contribution in [0.25, 0.3) is 38.2 Å². The molecular weight excluding hydrogens is 396 g/mol. The zero-order chi connectivity index (χ0) is 23.2. The molecule has 0 aliphatic carbocycles. The van der Waals surface area contributed by atoms with Crippen molar-refractivity contribution >= 4 is 27.1 Å². The molecule has 33 heavy (non-hydrogen) atoms. The Hall–Kier alpha value is -3.38. The molecule has 0 spiro atoms. The van der Waals surface area contributed by atoms with E-state index in [2.05, 4.69) is 125 Å². The van der Waals surface area contributed by atoms with Gasteiger partial charge in [0.05, 0.1) is 0 Å². The number of aryl methyl sites for hydroxylation is 1. The molecule has 0 nitrogen and oxygen atoms in total. The van der Waals surface area contributed by atoms with Crippen molar-refractivity contribution < 1.29 is 0 Å². The fourth-order valence-electron chi connectivity index (χ4n) is 4.85. The summed E-state index contributed by atoms with van der Waals surface area (Å²) in [6.45, 7) is 8.92. The van der Waals surface area contributed by atoms with Crippen LogP contribution in [0, 0.1) is 6.92 Å². The van der Waals surface area contributed by atoms with Crippen LogP contribution in [0.2, 0.25) is 0 Å². The molecule has 4 rings (SSSR count). The molecule has 4 aromatic carbocycles. The highest BCUT2D eigenvalue weighted by atomic mass is 14.2. The van der Waals surface area contributed by atoms with Crippen molar-refractivity contribution in [2.75, 3.05) is 0 Å². The van der Waals surface area contributed by atoms with E-state index in [0.717, 1.165) is 19.3 Å². The second-order valence-electron chi connectivity index (χ2n) is 8.57. The fourth-order valence-corrected chi connectivity index (χ4v) is 4.85. The minimum atomic E-state index is 1.00. The Kier molecular flexibility index (Phi) is 7.25. The minimum absolute atomic E-state index is 1.00. The van der Waals surface area contributed by atoms with E-state index in [0.29, 0.717) is 0 Å². The first kappa shape index (κ1) is 22.8. The maximum Gasteiger partial charge on any atom is -0.00236 e. The normalized spacial score (nSPS) is 12.8. The molecule has 0 aliphatic rings. The summed E-state index contributed by atoms with van der Waals surface area (Å²) in [5, 5.41) is 5.33. The molecule has 0 radical (unpaired) electrons. The topological polar surface area (TPSA) is 0 Å². The smallest absolute Gasteiger partial charge is 0.00236 e. The Morgan fingerprint density at radius 1 is 0.667 bits per heavy atom. The van der Waals surface area contributed by atoms with Gasteiger partial charge in [0, 0.05) is 0 Å². The summed E-state index contributed by atoms with van der Waals surface area (Å²) in [5.41, 5.74) is 8.02. The van der Waals surface area contributed by atoms with E-state index < -0.39 is 0 Å². The third-order valence-electron chi connectivity index (χ3n) is 6.39. The van der Waals surface area contributed by atoms with Gasteiger partial charge >= 0.3 is 0 Å². The third-order valence-corrected chi connectivity index (χ3v) is 6.39. The molecule has 0 saturated carbocycles. The van der Waals surface area contributed by atoms with Gasteiger partial charge in [0.25, 0.3) is 0 Å². The Balaban J connectivity index is 2.25. The van der Waals surface area contributed by atoms with E-state index >= 15 is 0 Å². The van der Waals surface area contributed by atoms with Gasteiger partial charge in [-0.3, -0.25) is 0 Å². The molecule has 0 heterocycles. The molecule has 0 bridgehead atoms. The van der Waals surface area contributed by atoms with Crippen LogP contribution in [0.1, 0.15) is 51.2 Å². The maximum absolute atomic E-state index is 2.35. The largest absolute Gasteiger partial charge is 0.0845 e. The van der Waals surface area contributed by atoms with Gasteiger partial charge in [0.1, 0.15) is 0 Å². The second-order valence-corrected chi connectivity index (χ2v) is 8.57. The minimum Gasteiger partial charge on any atom is -0.0845 e. The van der Waals surface area contributed by atoms with E-state index in [-0.39, 0.29) is 0 Å². The van der Waals surface area contributed by atoms with Crippen LogP contribution in [0.4, 0.5) is 0 Å². The average molecular weight is 431 g/mol. The lowest BCUT2D eigenvalue weighted by atomic mass is 9.82. The van der Waals surface area contributed by atoms with E-state index in [1.165, 1.54) is 54.9 Å². The van der Waals surface area contributed by atoms with Gasteiger partial charge in [-0.25, -0.2) is 0 Å². The van der Waals surface area contributed by atoms with Gasteiger partial charge < -0.3 is 0 Å². The van der Waals surface area contributed by atoms with Crippen molar-refractivity contribution in [1.29, 1.82) is 0 Å². The van der Waals surface area contributed by atoms with Crippen LogP contribution in [0.15, 0.2) is 103 Å².